The number of esters is 1. The molecule has 2 atom stereocenters. The third-order valence-electron chi connectivity index (χ3n) is 4.64. The van der Waals surface area contributed by atoms with Gasteiger partial charge in [-0.05, 0) is 51.1 Å². The van der Waals surface area contributed by atoms with Gasteiger partial charge in [-0.2, -0.15) is 0 Å². The molecule has 0 unspecified atom stereocenters. The summed E-state index contributed by atoms with van der Waals surface area (Å²) in [6.45, 7) is 2.81. The first-order chi connectivity index (χ1) is 11.0. The smallest absolute Gasteiger partial charge is 0.311 e. The van der Waals surface area contributed by atoms with Gasteiger partial charge in [-0.15, -0.1) is 0 Å². The van der Waals surface area contributed by atoms with E-state index in [1.165, 1.54) is 0 Å². The molecule has 0 aliphatic heterocycles. The van der Waals surface area contributed by atoms with Crippen LogP contribution < -0.4 is 4.74 Å². The van der Waals surface area contributed by atoms with Crippen LogP contribution in [0.25, 0.3) is 0 Å². The minimum Gasteiger partial charge on any atom is -0.427 e. The van der Waals surface area contributed by atoms with E-state index in [4.69, 9.17) is 4.74 Å². The van der Waals surface area contributed by atoms with Crippen molar-refractivity contribution in [1.29, 1.82) is 0 Å². The number of nitrogens with zero attached hydrogens (tertiary/aromatic N) is 1. The zero-order valence-corrected chi connectivity index (χ0v) is 14.5. The van der Waals surface area contributed by atoms with Crippen LogP contribution in [-0.4, -0.2) is 36.6 Å². The van der Waals surface area contributed by atoms with Crippen molar-refractivity contribution in [3.8, 4) is 5.75 Å². The average Bonchev–Trinajstić information content (AvgIpc) is 2.50. The van der Waals surface area contributed by atoms with Crippen molar-refractivity contribution >= 4 is 5.97 Å². The SMILES string of the molecule is CCCC(=O)Oc1cccc([C@]2(O)CCCC[C@H]2CN(C)C)c1. The van der Waals surface area contributed by atoms with Gasteiger partial charge in [-0.3, -0.25) is 4.79 Å². The van der Waals surface area contributed by atoms with Crippen LogP contribution in [0, 0.1) is 5.92 Å². The summed E-state index contributed by atoms with van der Waals surface area (Å²) in [4.78, 5) is 13.8. The molecule has 1 aromatic rings. The molecule has 0 radical (unpaired) electrons. The molecule has 1 saturated carbocycles. The molecule has 1 N–H and O–H groups in total. The Hall–Kier alpha value is -1.39. The first-order valence-corrected chi connectivity index (χ1v) is 8.64. The van der Waals surface area contributed by atoms with Gasteiger partial charge in [0.05, 0.1) is 5.60 Å². The molecule has 4 nitrogen and oxygen atoms in total. The van der Waals surface area contributed by atoms with E-state index >= 15 is 0 Å². The Kier molecular flexibility index (Phi) is 6.19. The summed E-state index contributed by atoms with van der Waals surface area (Å²) in [7, 11) is 4.08. The first-order valence-electron chi connectivity index (χ1n) is 8.64. The number of hydrogen-bond donors (Lipinski definition) is 1. The molecule has 1 fully saturated rings. The minimum atomic E-state index is -0.838. The summed E-state index contributed by atoms with van der Waals surface area (Å²) in [5.41, 5.74) is 0.0289. The molecule has 0 saturated heterocycles. The summed E-state index contributed by atoms with van der Waals surface area (Å²) in [6.07, 6.45) is 5.16. The first kappa shape index (κ1) is 18.0. The van der Waals surface area contributed by atoms with Gasteiger partial charge in [0.1, 0.15) is 5.75 Å². The molecule has 128 valence electrons. The van der Waals surface area contributed by atoms with Crippen LogP contribution in [0.1, 0.15) is 51.0 Å². The Morgan fingerprint density at radius 1 is 1.39 bits per heavy atom. The lowest BCUT2D eigenvalue weighted by molar-refractivity contribution is -0.134. The van der Waals surface area contributed by atoms with E-state index in [9.17, 15) is 9.90 Å². The Labute approximate surface area is 139 Å². The van der Waals surface area contributed by atoms with Crippen LogP contribution in [0.15, 0.2) is 24.3 Å². The normalized spacial score (nSPS) is 24.7. The lowest BCUT2D eigenvalue weighted by Gasteiger charge is -2.41. The highest BCUT2D eigenvalue weighted by atomic mass is 16.5. The molecule has 1 aromatic carbocycles. The van der Waals surface area contributed by atoms with Crippen LogP contribution in [-0.2, 0) is 10.4 Å². The Bertz CT molecular complexity index is 529. The summed E-state index contributed by atoms with van der Waals surface area (Å²) in [5.74, 6) is 0.515. The summed E-state index contributed by atoms with van der Waals surface area (Å²) < 4.78 is 5.39. The molecule has 0 heterocycles. The maximum atomic E-state index is 11.7. The molecule has 23 heavy (non-hydrogen) atoms. The monoisotopic (exact) mass is 319 g/mol. The van der Waals surface area contributed by atoms with E-state index in [0.717, 1.165) is 44.2 Å². The van der Waals surface area contributed by atoms with Crippen LogP contribution in [0.5, 0.6) is 5.75 Å². The maximum Gasteiger partial charge on any atom is 0.311 e. The van der Waals surface area contributed by atoms with Crippen molar-refractivity contribution in [1.82, 2.24) is 4.90 Å². The Morgan fingerprint density at radius 2 is 2.17 bits per heavy atom. The Balaban J connectivity index is 2.22. The number of ether oxygens (including phenoxy) is 1. The molecule has 1 aliphatic carbocycles. The van der Waals surface area contributed by atoms with Gasteiger partial charge < -0.3 is 14.7 Å². The van der Waals surface area contributed by atoms with E-state index in [1.807, 2.05) is 39.2 Å². The molecule has 0 amide bonds. The highest BCUT2D eigenvalue weighted by Crippen LogP contribution is 2.42. The highest BCUT2D eigenvalue weighted by molar-refractivity contribution is 5.72. The molecule has 0 aromatic heterocycles. The summed E-state index contributed by atoms with van der Waals surface area (Å²) in [5, 5.41) is 11.3. The number of hydrogen-bond acceptors (Lipinski definition) is 4. The third-order valence-corrected chi connectivity index (χ3v) is 4.64. The van der Waals surface area contributed by atoms with E-state index < -0.39 is 5.60 Å². The summed E-state index contributed by atoms with van der Waals surface area (Å²) >= 11 is 0. The molecular weight excluding hydrogens is 290 g/mol. The van der Waals surface area contributed by atoms with Crippen molar-refractivity contribution < 1.29 is 14.6 Å². The molecular formula is C19H29NO3. The fourth-order valence-electron chi connectivity index (χ4n) is 3.51. The number of aliphatic hydroxyl groups is 1. The largest absolute Gasteiger partial charge is 0.427 e. The zero-order chi connectivity index (χ0) is 16.9. The van der Waals surface area contributed by atoms with Crippen molar-refractivity contribution in [3.05, 3.63) is 29.8 Å². The van der Waals surface area contributed by atoms with Gasteiger partial charge in [0.25, 0.3) is 0 Å². The number of benzene rings is 1. The van der Waals surface area contributed by atoms with E-state index in [2.05, 4.69) is 4.90 Å². The van der Waals surface area contributed by atoms with Crippen LogP contribution in [0.4, 0.5) is 0 Å². The Morgan fingerprint density at radius 3 is 2.87 bits per heavy atom. The zero-order valence-electron chi connectivity index (χ0n) is 14.5. The van der Waals surface area contributed by atoms with Gasteiger partial charge in [-0.25, -0.2) is 0 Å². The predicted molar refractivity (Wildman–Crippen MR) is 91.4 cm³/mol. The molecule has 2 rings (SSSR count). The van der Waals surface area contributed by atoms with Crippen molar-refractivity contribution in [2.45, 2.75) is 51.0 Å². The maximum absolute atomic E-state index is 11.7. The third kappa shape index (κ3) is 4.55. The summed E-state index contributed by atoms with van der Waals surface area (Å²) in [6, 6.07) is 7.43. The molecule has 1 aliphatic rings. The number of rotatable bonds is 6. The van der Waals surface area contributed by atoms with Crippen molar-refractivity contribution in [2.24, 2.45) is 5.92 Å². The molecule has 4 heteroatoms. The topological polar surface area (TPSA) is 49.8 Å². The van der Waals surface area contributed by atoms with Crippen LogP contribution in [0.3, 0.4) is 0 Å². The van der Waals surface area contributed by atoms with Crippen molar-refractivity contribution in [2.75, 3.05) is 20.6 Å². The van der Waals surface area contributed by atoms with Gasteiger partial charge >= 0.3 is 5.97 Å². The standard InChI is InChI=1S/C19H29NO3/c1-4-8-18(21)23-17-11-7-10-15(13-17)19(22)12-6-5-9-16(19)14-20(2)3/h7,10-11,13,16,22H,4-6,8-9,12,14H2,1-3H3/t16-,19+/m0/s1. The van der Waals surface area contributed by atoms with E-state index in [-0.39, 0.29) is 11.9 Å². The molecule has 0 spiro atoms. The number of carbonyl (C=O) groups excluding carboxylic acids is 1. The van der Waals surface area contributed by atoms with Gasteiger partial charge in [0, 0.05) is 18.9 Å². The average molecular weight is 319 g/mol. The highest BCUT2D eigenvalue weighted by Gasteiger charge is 2.40. The predicted octanol–water partition coefficient (Wildman–Crippen LogP) is 3.33. The number of carbonyl (C=O) groups is 1. The van der Waals surface area contributed by atoms with Crippen LogP contribution in [0.2, 0.25) is 0 Å². The van der Waals surface area contributed by atoms with Gasteiger partial charge in [0.15, 0.2) is 0 Å². The molecule has 0 bridgehead atoms. The minimum absolute atomic E-state index is 0.202. The second kappa shape index (κ2) is 7.93. The quantitative estimate of drug-likeness (QED) is 0.645. The van der Waals surface area contributed by atoms with Crippen LogP contribution >= 0.6 is 0 Å². The fraction of sp³-hybridized carbons (Fsp3) is 0.632. The van der Waals surface area contributed by atoms with Crippen molar-refractivity contribution in [3.63, 3.8) is 0 Å². The lowest BCUT2D eigenvalue weighted by Crippen LogP contribution is -2.43. The van der Waals surface area contributed by atoms with E-state index in [1.54, 1.807) is 6.07 Å². The van der Waals surface area contributed by atoms with Gasteiger partial charge in [-0.1, -0.05) is 31.9 Å². The van der Waals surface area contributed by atoms with Gasteiger partial charge in [0.2, 0.25) is 0 Å². The second-order valence-corrected chi connectivity index (χ2v) is 6.88. The fourth-order valence-corrected chi connectivity index (χ4v) is 3.51. The second-order valence-electron chi connectivity index (χ2n) is 6.88. The lowest BCUT2D eigenvalue weighted by atomic mass is 9.71. The van der Waals surface area contributed by atoms with E-state index in [0.29, 0.717) is 12.2 Å².